The Bertz CT molecular complexity index is 240. The fraction of sp³-hybridized carbons (Fsp3) is 0. The average Bonchev–Trinajstić information content (AvgIpc) is 1.88. The molecule has 0 aliphatic carbocycles. The lowest BCUT2D eigenvalue weighted by atomic mass is 10.9. The summed E-state index contributed by atoms with van der Waals surface area (Å²) in [5, 5.41) is 8.47. The third-order valence-electron chi connectivity index (χ3n) is 1.09. The number of benzene rings is 1. The largest absolute Gasteiger partial charge is 0.478 e. The maximum Gasteiger partial charge on any atom is 0.335 e. The molecule has 0 aliphatic heterocycles. The van der Waals surface area contributed by atoms with E-state index in [1.54, 1.807) is 24.3 Å². The Morgan fingerprint density at radius 1 is 1.30 bits per heavy atom. The molecule has 1 aromatic carbocycles. The van der Waals surface area contributed by atoms with Crippen LogP contribution in [0.4, 0.5) is 0 Å². The van der Waals surface area contributed by atoms with Gasteiger partial charge in [-0.25, -0.2) is 4.79 Å². The van der Waals surface area contributed by atoms with Crippen LogP contribution < -0.4 is 0 Å². The third-order valence-corrected chi connectivity index (χ3v) is 1.81. The highest BCUT2D eigenvalue weighted by Crippen LogP contribution is 2.05. The number of carboxylic acids is 1. The lowest BCUT2D eigenvalue weighted by Crippen LogP contribution is -1.94. The maximum absolute atomic E-state index is 10.3. The Kier molecular flexibility index (Phi) is 2.26. The van der Waals surface area contributed by atoms with Gasteiger partial charge in [-0.2, -0.15) is 0 Å². The first kappa shape index (κ1) is 7.53. The summed E-state index contributed by atoms with van der Waals surface area (Å²) in [6, 6.07) is 6.71. The van der Waals surface area contributed by atoms with E-state index in [9.17, 15) is 4.79 Å². The van der Waals surface area contributed by atoms with Crippen molar-refractivity contribution in [2.24, 2.45) is 0 Å². The summed E-state index contributed by atoms with van der Waals surface area (Å²) in [5.41, 5.74) is 0.334. The van der Waals surface area contributed by atoms with Crippen LogP contribution in [0, 0.1) is 3.57 Å². The molecule has 1 aromatic rings. The van der Waals surface area contributed by atoms with Crippen molar-refractivity contribution in [2.45, 2.75) is 0 Å². The Hall–Kier alpha value is -0.580. The van der Waals surface area contributed by atoms with E-state index in [0.717, 1.165) is 3.57 Å². The van der Waals surface area contributed by atoms with Crippen molar-refractivity contribution in [3.63, 3.8) is 0 Å². The maximum atomic E-state index is 10.3. The molecule has 0 radical (unpaired) electrons. The zero-order valence-corrected chi connectivity index (χ0v) is 7.20. The van der Waals surface area contributed by atoms with Gasteiger partial charge < -0.3 is 5.11 Å². The first-order valence-electron chi connectivity index (χ1n) is 2.69. The summed E-state index contributed by atoms with van der Waals surface area (Å²) in [6.07, 6.45) is 0. The third kappa shape index (κ3) is 1.70. The molecule has 0 heterocycles. The number of carbonyl (C=O) groups is 1. The van der Waals surface area contributed by atoms with E-state index < -0.39 is 5.97 Å². The van der Waals surface area contributed by atoms with Crippen molar-refractivity contribution < 1.29 is 9.90 Å². The predicted molar refractivity (Wildman–Crippen MR) is 46.1 cm³/mol. The molecular weight excluding hydrogens is 249 g/mol. The van der Waals surface area contributed by atoms with Crippen LogP contribution in [0.3, 0.4) is 0 Å². The minimum atomic E-state index is -0.878. The zero-order chi connectivity index (χ0) is 7.56. The summed E-state index contributed by atoms with van der Waals surface area (Å²) in [4.78, 5) is 10.3. The lowest BCUT2D eigenvalue weighted by molar-refractivity contribution is 0.0697. The molecule has 0 saturated carbocycles. The number of aromatic carboxylic acids is 1. The smallest absolute Gasteiger partial charge is 0.335 e. The van der Waals surface area contributed by atoms with Crippen molar-refractivity contribution in [2.75, 3.05) is 0 Å². The second-order valence-electron chi connectivity index (χ2n) is 1.81. The highest BCUT2D eigenvalue weighted by atomic mass is 127. The van der Waals surface area contributed by atoms with Crippen LogP contribution in [0.5, 0.6) is 0 Å². The van der Waals surface area contributed by atoms with E-state index in [-0.39, 0.29) is 0 Å². The van der Waals surface area contributed by atoms with E-state index in [4.69, 9.17) is 5.11 Å². The van der Waals surface area contributed by atoms with Gasteiger partial charge in [-0.15, -0.1) is 0 Å². The molecule has 52 valence electrons. The number of rotatable bonds is 1. The van der Waals surface area contributed by atoms with Crippen LogP contribution in [-0.2, 0) is 0 Å². The summed E-state index contributed by atoms with van der Waals surface area (Å²) >= 11 is 2.13. The van der Waals surface area contributed by atoms with Crippen molar-refractivity contribution in [3.05, 3.63) is 33.4 Å². The zero-order valence-electron chi connectivity index (χ0n) is 5.04. The van der Waals surface area contributed by atoms with Gasteiger partial charge in [-0.05, 0) is 46.9 Å². The molecule has 0 aromatic heterocycles. The molecule has 0 unspecified atom stereocenters. The molecule has 0 amide bonds. The molecule has 0 bridgehead atoms. The average molecular weight is 254 g/mol. The molecule has 0 fully saturated rings. The van der Waals surface area contributed by atoms with Gasteiger partial charge in [0.25, 0.3) is 0 Å². The van der Waals surface area contributed by atoms with Crippen molar-refractivity contribution in [1.29, 1.82) is 0 Å². The molecule has 3 heteroatoms. The van der Waals surface area contributed by atoms with Crippen LogP contribution in [0.1, 0.15) is 10.4 Å². The van der Waals surface area contributed by atoms with Crippen LogP contribution in [0.2, 0.25) is 0 Å². The van der Waals surface area contributed by atoms with Crippen molar-refractivity contribution in [1.82, 2.24) is 0 Å². The van der Waals surface area contributed by atoms with Gasteiger partial charge in [-0.3, -0.25) is 0 Å². The van der Waals surface area contributed by atoms with Crippen molar-refractivity contribution in [3.8, 4) is 0 Å². The van der Waals surface area contributed by atoms with Gasteiger partial charge in [0.2, 0.25) is 0 Å². The Labute approximate surface area is 72.0 Å². The fourth-order valence-corrected chi connectivity index (χ4v) is 0.952. The molecule has 1 N–H and O–H groups in total. The van der Waals surface area contributed by atoms with Crippen LogP contribution in [0.15, 0.2) is 24.3 Å². The Morgan fingerprint density at radius 3 is 2.20 bits per heavy atom. The molecule has 2 nitrogen and oxygen atoms in total. The standard InChI is InChI=1S/C7H5IO2/c8-6-3-1-5(2-4-6)7(9)10/h1-4H,(H,9,10)/i1+1,2+1,3+1,4+1,5+1,6+1. The minimum Gasteiger partial charge on any atom is -0.478 e. The second kappa shape index (κ2) is 3.01. The van der Waals surface area contributed by atoms with Crippen molar-refractivity contribution >= 4 is 28.6 Å². The fourth-order valence-electron chi connectivity index (χ4n) is 0.592. The summed E-state index contributed by atoms with van der Waals surface area (Å²) in [6.45, 7) is 0. The summed E-state index contributed by atoms with van der Waals surface area (Å²) < 4.78 is 1.04. The predicted octanol–water partition coefficient (Wildman–Crippen LogP) is 1.99. The highest BCUT2D eigenvalue weighted by molar-refractivity contribution is 14.1. The lowest BCUT2D eigenvalue weighted by Gasteiger charge is -1.91. The molecule has 0 spiro atoms. The number of halogens is 1. The van der Waals surface area contributed by atoms with E-state index >= 15 is 0 Å². The molecule has 1 rings (SSSR count). The molecular formula is C7H5IO2. The molecule has 10 heavy (non-hydrogen) atoms. The van der Waals surface area contributed by atoms with Gasteiger partial charge in [-0.1, -0.05) is 0 Å². The monoisotopic (exact) mass is 254 g/mol. The first-order valence-corrected chi connectivity index (χ1v) is 3.77. The molecule has 0 aliphatic rings. The van der Waals surface area contributed by atoms with E-state index in [0.29, 0.717) is 5.56 Å². The van der Waals surface area contributed by atoms with Gasteiger partial charge in [0, 0.05) is 3.57 Å². The molecule has 0 atom stereocenters. The van der Waals surface area contributed by atoms with Gasteiger partial charge in [0.15, 0.2) is 0 Å². The second-order valence-corrected chi connectivity index (χ2v) is 3.06. The normalized spacial score (nSPS) is 9.30. The van der Waals surface area contributed by atoms with Gasteiger partial charge in [0.05, 0.1) is 5.56 Å². The van der Waals surface area contributed by atoms with E-state index in [1.807, 2.05) is 0 Å². The summed E-state index contributed by atoms with van der Waals surface area (Å²) in [7, 11) is 0. The Balaban J connectivity index is 3.00. The van der Waals surface area contributed by atoms with Gasteiger partial charge >= 0.3 is 5.97 Å². The van der Waals surface area contributed by atoms with Crippen LogP contribution in [0.25, 0.3) is 0 Å². The van der Waals surface area contributed by atoms with Gasteiger partial charge in [0.1, 0.15) is 0 Å². The topological polar surface area (TPSA) is 37.3 Å². The van der Waals surface area contributed by atoms with Crippen LogP contribution >= 0.6 is 22.6 Å². The number of carboxylic acid groups (broad SMARTS) is 1. The van der Waals surface area contributed by atoms with Crippen LogP contribution in [-0.4, -0.2) is 11.1 Å². The first-order chi connectivity index (χ1) is 4.70. The summed E-state index contributed by atoms with van der Waals surface area (Å²) in [5.74, 6) is -0.878. The highest BCUT2D eigenvalue weighted by Gasteiger charge is 1.98. The SMILES string of the molecule is O=C(O)[13c]1[13cH][13cH][13c](I)[13cH][13cH]1. The minimum absolute atomic E-state index is 0.334. The Morgan fingerprint density at radius 2 is 1.80 bits per heavy atom. The number of hydrogen-bond donors (Lipinski definition) is 1. The quantitative estimate of drug-likeness (QED) is 0.778. The van der Waals surface area contributed by atoms with E-state index in [1.165, 1.54) is 0 Å². The number of hydrogen-bond acceptors (Lipinski definition) is 1. The van der Waals surface area contributed by atoms with E-state index in [2.05, 4.69) is 22.6 Å². The molecule has 0 saturated heterocycles.